The second-order valence-electron chi connectivity index (χ2n) is 10.3. The van der Waals surface area contributed by atoms with Crippen molar-refractivity contribution in [2.24, 2.45) is 5.92 Å². The predicted octanol–water partition coefficient (Wildman–Crippen LogP) is 4.51. The molecular weight excluding hydrogens is 452 g/mol. The number of aryl methyl sites for hydroxylation is 3. The average Bonchev–Trinajstić information content (AvgIpc) is 3.64. The molecule has 0 radical (unpaired) electrons. The Labute approximate surface area is 209 Å². The summed E-state index contributed by atoms with van der Waals surface area (Å²) in [5.74, 6) is 1.32. The summed E-state index contributed by atoms with van der Waals surface area (Å²) in [6.45, 7) is 7.55. The molecule has 3 aromatic heterocycles. The van der Waals surface area contributed by atoms with E-state index in [1.807, 2.05) is 60.6 Å². The van der Waals surface area contributed by atoms with E-state index in [0.29, 0.717) is 36.8 Å². The zero-order valence-electron chi connectivity index (χ0n) is 21.0. The van der Waals surface area contributed by atoms with Crippen LogP contribution in [0, 0.1) is 26.7 Å². The van der Waals surface area contributed by atoms with E-state index in [1.54, 1.807) is 0 Å². The number of carbonyl (C=O) groups is 1. The lowest BCUT2D eigenvalue weighted by molar-refractivity contribution is -0.131. The van der Waals surface area contributed by atoms with E-state index in [0.717, 1.165) is 51.2 Å². The number of amides is 1. The molecule has 1 fully saturated rings. The molecule has 0 atom stereocenters. The third-order valence-electron chi connectivity index (χ3n) is 7.63. The summed E-state index contributed by atoms with van der Waals surface area (Å²) < 4.78 is 7.25. The third kappa shape index (κ3) is 4.02. The normalized spacial score (nSPS) is 15.4. The second-order valence-corrected chi connectivity index (χ2v) is 10.3. The summed E-state index contributed by atoms with van der Waals surface area (Å²) in [6, 6.07) is 12.0. The fraction of sp³-hybridized carbons (Fsp3) is 0.379. The summed E-state index contributed by atoms with van der Waals surface area (Å²) in [4.78, 5) is 33.7. The molecule has 7 nitrogen and oxygen atoms in total. The van der Waals surface area contributed by atoms with E-state index in [-0.39, 0.29) is 17.9 Å². The summed E-state index contributed by atoms with van der Waals surface area (Å²) in [5.41, 5.74) is 7.24. The van der Waals surface area contributed by atoms with Crippen molar-refractivity contribution in [2.75, 3.05) is 6.54 Å². The molecule has 0 spiro atoms. The fourth-order valence-electron chi connectivity index (χ4n) is 5.39. The van der Waals surface area contributed by atoms with Crippen molar-refractivity contribution in [2.45, 2.75) is 59.5 Å². The topological polar surface area (TPSA) is 81.2 Å². The number of nitrogens with zero attached hydrogens (tertiary/aromatic N) is 4. The smallest absolute Gasteiger partial charge is 0.258 e. The second kappa shape index (κ2) is 8.73. The molecule has 4 heterocycles. The summed E-state index contributed by atoms with van der Waals surface area (Å²) in [7, 11) is 0. The van der Waals surface area contributed by atoms with Crippen LogP contribution >= 0.6 is 0 Å². The van der Waals surface area contributed by atoms with Crippen LogP contribution in [0.4, 0.5) is 0 Å². The van der Waals surface area contributed by atoms with Gasteiger partial charge in [-0.2, -0.15) is 0 Å². The van der Waals surface area contributed by atoms with Crippen LogP contribution in [-0.2, 0) is 30.7 Å². The largest absolute Gasteiger partial charge is 0.361 e. The molecule has 2 aliphatic rings. The fourth-order valence-corrected chi connectivity index (χ4v) is 5.39. The van der Waals surface area contributed by atoms with Gasteiger partial charge in [0.2, 0.25) is 5.91 Å². The standard InChI is InChI=1S/C29H30N4O3/c1-17-7-10-23-22(5-4-6-26(23)30-17)25-13-21-16-32(28(34)14-24-18(2)31-36-19(24)3)12-11-27(21)33(29(25)35)15-20-8-9-20/h4-7,10,13,20H,8-9,11-12,14-16H2,1-3H3. The van der Waals surface area contributed by atoms with Gasteiger partial charge in [-0.15, -0.1) is 0 Å². The van der Waals surface area contributed by atoms with Gasteiger partial charge >= 0.3 is 0 Å². The van der Waals surface area contributed by atoms with Crippen LogP contribution in [0.2, 0.25) is 0 Å². The molecule has 1 aromatic carbocycles. The number of hydrogen-bond donors (Lipinski definition) is 0. The van der Waals surface area contributed by atoms with Crippen LogP contribution in [0.3, 0.4) is 0 Å². The van der Waals surface area contributed by atoms with Gasteiger partial charge in [0, 0.05) is 54.0 Å². The van der Waals surface area contributed by atoms with Crippen LogP contribution < -0.4 is 5.56 Å². The average molecular weight is 483 g/mol. The Kier molecular flexibility index (Phi) is 5.51. The van der Waals surface area contributed by atoms with Crippen molar-refractivity contribution in [1.82, 2.24) is 19.6 Å². The number of pyridine rings is 2. The van der Waals surface area contributed by atoms with E-state index >= 15 is 0 Å². The number of fused-ring (bicyclic) bond motifs is 2. The summed E-state index contributed by atoms with van der Waals surface area (Å²) >= 11 is 0. The number of carbonyl (C=O) groups excluding carboxylic acids is 1. The van der Waals surface area contributed by atoms with Crippen LogP contribution in [0.5, 0.6) is 0 Å². The third-order valence-corrected chi connectivity index (χ3v) is 7.63. The molecule has 6 rings (SSSR count). The maximum absolute atomic E-state index is 13.9. The number of aromatic nitrogens is 3. The number of benzene rings is 1. The lowest BCUT2D eigenvalue weighted by Gasteiger charge is -2.31. The van der Waals surface area contributed by atoms with Crippen molar-refractivity contribution in [3.05, 3.63) is 80.7 Å². The van der Waals surface area contributed by atoms with Crippen molar-refractivity contribution in [3.63, 3.8) is 0 Å². The van der Waals surface area contributed by atoms with Crippen LogP contribution in [0.25, 0.3) is 22.0 Å². The molecule has 36 heavy (non-hydrogen) atoms. The van der Waals surface area contributed by atoms with E-state index in [2.05, 4.69) is 16.2 Å². The van der Waals surface area contributed by atoms with Crippen LogP contribution in [0.15, 0.2) is 45.7 Å². The molecule has 4 aromatic rings. The predicted molar refractivity (Wildman–Crippen MR) is 138 cm³/mol. The highest BCUT2D eigenvalue weighted by Crippen LogP contribution is 2.33. The van der Waals surface area contributed by atoms with Gasteiger partial charge in [-0.05, 0) is 68.9 Å². The SMILES string of the molecule is Cc1ccc2c(-c3cc4c(n(CC5CC5)c3=O)CCN(C(=O)Cc3c(C)noc3C)C4)cccc2n1. The molecular formula is C29H30N4O3. The molecule has 0 saturated heterocycles. The molecule has 1 aliphatic heterocycles. The molecule has 1 aliphatic carbocycles. The molecule has 7 heteroatoms. The molecule has 1 amide bonds. The van der Waals surface area contributed by atoms with Gasteiger partial charge in [-0.1, -0.05) is 23.4 Å². The van der Waals surface area contributed by atoms with Gasteiger partial charge in [0.15, 0.2) is 0 Å². The van der Waals surface area contributed by atoms with E-state index < -0.39 is 0 Å². The maximum Gasteiger partial charge on any atom is 0.258 e. The first-order valence-corrected chi connectivity index (χ1v) is 12.7. The first kappa shape index (κ1) is 22.7. The van der Waals surface area contributed by atoms with Crippen LogP contribution in [-0.4, -0.2) is 32.1 Å². The van der Waals surface area contributed by atoms with E-state index in [4.69, 9.17) is 4.52 Å². The molecule has 184 valence electrons. The van der Waals surface area contributed by atoms with E-state index in [9.17, 15) is 9.59 Å². The van der Waals surface area contributed by atoms with Gasteiger partial charge in [0.25, 0.3) is 5.56 Å². The molecule has 0 bridgehead atoms. The van der Waals surface area contributed by atoms with Crippen molar-refractivity contribution < 1.29 is 9.32 Å². The Bertz CT molecular complexity index is 1540. The van der Waals surface area contributed by atoms with Gasteiger partial charge in [0.05, 0.1) is 17.6 Å². The van der Waals surface area contributed by atoms with Gasteiger partial charge in [0.1, 0.15) is 5.76 Å². The lowest BCUT2D eigenvalue weighted by atomic mass is 9.96. The molecule has 0 N–H and O–H groups in total. The maximum atomic E-state index is 13.9. The van der Waals surface area contributed by atoms with Crippen LogP contribution in [0.1, 0.15) is 46.8 Å². The quantitative estimate of drug-likeness (QED) is 0.418. The Balaban J connectivity index is 1.41. The Morgan fingerprint density at radius 3 is 2.69 bits per heavy atom. The van der Waals surface area contributed by atoms with Gasteiger partial charge < -0.3 is 14.0 Å². The Morgan fingerprint density at radius 1 is 1.11 bits per heavy atom. The first-order valence-electron chi connectivity index (χ1n) is 12.7. The Morgan fingerprint density at radius 2 is 1.94 bits per heavy atom. The Hall–Kier alpha value is -3.74. The van der Waals surface area contributed by atoms with Crippen molar-refractivity contribution in [3.8, 4) is 11.1 Å². The van der Waals surface area contributed by atoms with Gasteiger partial charge in [-0.3, -0.25) is 14.6 Å². The molecule has 1 saturated carbocycles. The minimum atomic E-state index is 0.0568. The zero-order chi connectivity index (χ0) is 25.0. The van der Waals surface area contributed by atoms with E-state index in [1.165, 1.54) is 12.8 Å². The highest BCUT2D eigenvalue weighted by molar-refractivity contribution is 5.94. The van der Waals surface area contributed by atoms with Gasteiger partial charge in [-0.25, -0.2) is 0 Å². The lowest BCUT2D eigenvalue weighted by Crippen LogP contribution is -2.40. The number of hydrogen-bond acceptors (Lipinski definition) is 5. The van der Waals surface area contributed by atoms with Crippen molar-refractivity contribution >= 4 is 16.8 Å². The minimum Gasteiger partial charge on any atom is -0.361 e. The minimum absolute atomic E-state index is 0.0568. The zero-order valence-corrected chi connectivity index (χ0v) is 21.0. The highest BCUT2D eigenvalue weighted by Gasteiger charge is 2.29. The number of rotatable bonds is 5. The summed E-state index contributed by atoms with van der Waals surface area (Å²) in [5, 5.41) is 4.96. The summed E-state index contributed by atoms with van der Waals surface area (Å²) in [6.07, 6.45) is 3.30. The highest BCUT2D eigenvalue weighted by atomic mass is 16.5. The molecule has 0 unspecified atom stereocenters. The first-order chi connectivity index (χ1) is 17.4. The van der Waals surface area contributed by atoms with Crippen molar-refractivity contribution in [1.29, 1.82) is 0 Å². The monoisotopic (exact) mass is 482 g/mol.